The number of carbonyl (C=O) groups excluding carboxylic acids is 1. The Morgan fingerprint density at radius 1 is 1.39 bits per heavy atom. The Bertz CT molecular complexity index is 399. The molecule has 0 N–H and O–H groups in total. The van der Waals surface area contributed by atoms with E-state index >= 15 is 0 Å². The van der Waals surface area contributed by atoms with E-state index in [-0.39, 0.29) is 12.5 Å². The molecule has 1 aromatic heterocycles. The van der Waals surface area contributed by atoms with Gasteiger partial charge < -0.3 is 14.2 Å². The van der Waals surface area contributed by atoms with Crippen molar-refractivity contribution in [2.45, 2.75) is 13.5 Å². The molecule has 1 saturated heterocycles. The average molecular weight is 254 g/mol. The molecule has 0 radical (unpaired) electrons. The van der Waals surface area contributed by atoms with Gasteiger partial charge in [-0.1, -0.05) is 5.16 Å². The fraction of sp³-hybridized carbons (Fsp3) is 0.727. The Balaban J connectivity index is 1.78. The first kappa shape index (κ1) is 13.0. The molecular weight excluding hydrogens is 236 g/mol. The fourth-order valence-corrected chi connectivity index (χ4v) is 1.97. The maximum atomic E-state index is 11.6. The zero-order valence-electron chi connectivity index (χ0n) is 10.8. The summed E-state index contributed by atoms with van der Waals surface area (Å²) < 4.78 is 9.92. The van der Waals surface area contributed by atoms with E-state index in [0.29, 0.717) is 18.3 Å². The molecule has 18 heavy (non-hydrogen) atoms. The number of piperazine rings is 1. The van der Waals surface area contributed by atoms with Crippen LogP contribution in [-0.4, -0.2) is 65.7 Å². The van der Waals surface area contributed by atoms with E-state index in [4.69, 9.17) is 9.26 Å². The summed E-state index contributed by atoms with van der Waals surface area (Å²) in [5, 5.41) is 3.76. The van der Waals surface area contributed by atoms with Gasteiger partial charge in [-0.2, -0.15) is 4.98 Å². The second-order valence-electron chi connectivity index (χ2n) is 4.33. The first-order chi connectivity index (χ1) is 8.69. The minimum atomic E-state index is 0.0470. The van der Waals surface area contributed by atoms with Crippen molar-refractivity contribution >= 4 is 5.91 Å². The summed E-state index contributed by atoms with van der Waals surface area (Å²) in [7, 11) is 1.53. The van der Waals surface area contributed by atoms with Crippen LogP contribution < -0.4 is 0 Å². The van der Waals surface area contributed by atoms with Gasteiger partial charge in [0.05, 0.1) is 6.54 Å². The van der Waals surface area contributed by atoms with E-state index in [9.17, 15) is 4.79 Å². The molecule has 0 aliphatic carbocycles. The largest absolute Gasteiger partial charge is 0.375 e. The van der Waals surface area contributed by atoms with Crippen molar-refractivity contribution in [3.05, 3.63) is 11.7 Å². The molecule has 2 rings (SSSR count). The molecule has 2 heterocycles. The second kappa shape index (κ2) is 5.92. The van der Waals surface area contributed by atoms with Gasteiger partial charge in [-0.25, -0.2) is 0 Å². The monoisotopic (exact) mass is 254 g/mol. The molecule has 1 aliphatic rings. The number of aryl methyl sites for hydroxylation is 1. The standard InChI is InChI=1S/C11H18N4O3/c1-9-12-10(18-13-9)7-14-3-5-15(6-4-14)11(16)8-17-2/h3-8H2,1-2H3. The number of amides is 1. The summed E-state index contributed by atoms with van der Waals surface area (Å²) in [5.41, 5.74) is 0. The minimum absolute atomic E-state index is 0.0470. The molecule has 0 spiro atoms. The number of hydrogen-bond donors (Lipinski definition) is 0. The van der Waals surface area contributed by atoms with E-state index < -0.39 is 0 Å². The van der Waals surface area contributed by atoms with E-state index in [1.54, 1.807) is 6.92 Å². The van der Waals surface area contributed by atoms with Crippen molar-refractivity contribution in [3.63, 3.8) is 0 Å². The summed E-state index contributed by atoms with van der Waals surface area (Å²) in [6, 6.07) is 0. The molecule has 0 saturated carbocycles. The number of methoxy groups -OCH3 is 1. The number of carbonyl (C=O) groups is 1. The van der Waals surface area contributed by atoms with Gasteiger partial charge in [0.1, 0.15) is 6.61 Å². The van der Waals surface area contributed by atoms with Gasteiger partial charge in [-0.05, 0) is 6.92 Å². The molecule has 0 aromatic carbocycles. The minimum Gasteiger partial charge on any atom is -0.375 e. The van der Waals surface area contributed by atoms with Gasteiger partial charge in [-0.15, -0.1) is 0 Å². The third-order valence-corrected chi connectivity index (χ3v) is 2.92. The second-order valence-corrected chi connectivity index (χ2v) is 4.33. The maximum Gasteiger partial charge on any atom is 0.248 e. The Hall–Kier alpha value is -1.47. The highest BCUT2D eigenvalue weighted by Gasteiger charge is 2.21. The lowest BCUT2D eigenvalue weighted by atomic mass is 10.3. The number of hydrogen-bond acceptors (Lipinski definition) is 6. The lowest BCUT2D eigenvalue weighted by molar-refractivity contribution is -0.137. The molecule has 1 aromatic rings. The van der Waals surface area contributed by atoms with Crippen LogP contribution in [0.1, 0.15) is 11.7 Å². The summed E-state index contributed by atoms with van der Waals surface area (Å²) in [6.45, 7) is 5.67. The van der Waals surface area contributed by atoms with Crippen molar-refractivity contribution in [3.8, 4) is 0 Å². The lowest BCUT2D eigenvalue weighted by Gasteiger charge is -2.33. The lowest BCUT2D eigenvalue weighted by Crippen LogP contribution is -2.49. The summed E-state index contributed by atoms with van der Waals surface area (Å²) in [6.07, 6.45) is 0. The topological polar surface area (TPSA) is 71.7 Å². The van der Waals surface area contributed by atoms with Gasteiger partial charge in [0, 0.05) is 33.3 Å². The number of ether oxygens (including phenoxy) is 1. The Kier molecular flexibility index (Phi) is 4.27. The average Bonchev–Trinajstić information content (AvgIpc) is 2.76. The summed E-state index contributed by atoms with van der Waals surface area (Å²) >= 11 is 0. The van der Waals surface area contributed by atoms with Crippen LogP contribution in [0.4, 0.5) is 0 Å². The van der Waals surface area contributed by atoms with Gasteiger partial charge in [0.2, 0.25) is 11.8 Å². The predicted octanol–water partition coefficient (Wildman–Crippen LogP) is -0.331. The first-order valence-corrected chi connectivity index (χ1v) is 5.97. The molecular formula is C11H18N4O3. The normalized spacial score (nSPS) is 17.1. The van der Waals surface area contributed by atoms with E-state index in [2.05, 4.69) is 15.0 Å². The van der Waals surface area contributed by atoms with Crippen LogP contribution in [0, 0.1) is 6.92 Å². The molecule has 1 amide bonds. The number of nitrogens with zero attached hydrogens (tertiary/aromatic N) is 4. The zero-order valence-corrected chi connectivity index (χ0v) is 10.8. The van der Waals surface area contributed by atoms with Crippen molar-refractivity contribution < 1.29 is 14.1 Å². The molecule has 1 aliphatic heterocycles. The van der Waals surface area contributed by atoms with Crippen molar-refractivity contribution in [2.75, 3.05) is 39.9 Å². The van der Waals surface area contributed by atoms with E-state index in [0.717, 1.165) is 26.2 Å². The van der Waals surface area contributed by atoms with Crippen LogP contribution in [0.15, 0.2) is 4.52 Å². The molecule has 0 unspecified atom stereocenters. The summed E-state index contributed by atoms with van der Waals surface area (Å²) in [4.78, 5) is 19.8. The third-order valence-electron chi connectivity index (χ3n) is 2.92. The van der Waals surface area contributed by atoms with E-state index in [1.807, 2.05) is 4.90 Å². The van der Waals surface area contributed by atoms with Crippen LogP contribution in [0.25, 0.3) is 0 Å². The Morgan fingerprint density at radius 2 is 2.11 bits per heavy atom. The third kappa shape index (κ3) is 3.27. The highest BCUT2D eigenvalue weighted by Crippen LogP contribution is 2.07. The van der Waals surface area contributed by atoms with Crippen LogP contribution in [0.2, 0.25) is 0 Å². The number of aromatic nitrogens is 2. The van der Waals surface area contributed by atoms with Crippen molar-refractivity contribution in [2.24, 2.45) is 0 Å². The smallest absolute Gasteiger partial charge is 0.248 e. The van der Waals surface area contributed by atoms with Gasteiger partial charge in [-0.3, -0.25) is 9.69 Å². The number of rotatable bonds is 4. The van der Waals surface area contributed by atoms with Crippen LogP contribution >= 0.6 is 0 Å². The molecule has 0 bridgehead atoms. The van der Waals surface area contributed by atoms with Crippen LogP contribution in [0.5, 0.6) is 0 Å². The van der Waals surface area contributed by atoms with Crippen molar-refractivity contribution in [1.82, 2.24) is 19.9 Å². The predicted molar refractivity (Wildman–Crippen MR) is 62.8 cm³/mol. The molecule has 100 valence electrons. The SMILES string of the molecule is COCC(=O)N1CCN(Cc2nc(C)no2)CC1. The summed E-state index contributed by atoms with van der Waals surface area (Å²) in [5.74, 6) is 1.33. The maximum absolute atomic E-state index is 11.6. The van der Waals surface area contributed by atoms with Gasteiger partial charge in [0.15, 0.2) is 5.82 Å². The quantitative estimate of drug-likeness (QED) is 0.732. The molecule has 7 heteroatoms. The molecule has 7 nitrogen and oxygen atoms in total. The fourth-order valence-electron chi connectivity index (χ4n) is 1.97. The highest BCUT2D eigenvalue weighted by molar-refractivity contribution is 5.77. The Morgan fingerprint density at radius 3 is 2.67 bits per heavy atom. The molecule has 0 atom stereocenters. The molecule has 1 fully saturated rings. The highest BCUT2D eigenvalue weighted by atomic mass is 16.5. The first-order valence-electron chi connectivity index (χ1n) is 5.97. The zero-order chi connectivity index (χ0) is 13.0. The Labute approximate surface area is 106 Å². The van der Waals surface area contributed by atoms with Gasteiger partial charge >= 0.3 is 0 Å². The van der Waals surface area contributed by atoms with E-state index in [1.165, 1.54) is 7.11 Å². The van der Waals surface area contributed by atoms with Crippen LogP contribution in [0.3, 0.4) is 0 Å². The van der Waals surface area contributed by atoms with Crippen molar-refractivity contribution in [1.29, 1.82) is 0 Å². The van der Waals surface area contributed by atoms with Gasteiger partial charge in [0.25, 0.3) is 0 Å². The van der Waals surface area contributed by atoms with Crippen LogP contribution in [-0.2, 0) is 16.1 Å².